The van der Waals surface area contributed by atoms with Gasteiger partial charge in [-0.3, -0.25) is 9.89 Å². The Morgan fingerprint density at radius 2 is 2.32 bits per heavy atom. The molecule has 0 aliphatic carbocycles. The van der Waals surface area contributed by atoms with Crippen molar-refractivity contribution in [2.45, 2.75) is 6.92 Å². The van der Waals surface area contributed by atoms with Crippen LogP contribution in [0.15, 0.2) is 32.6 Å². The first-order valence-corrected chi connectivity index (χ1v) is 6.40. The molecule has 0 atom stereocenters. The predicted molar refractivity (Wildman–Crippen MR) is 77.2 cm³/mol. The summed E-state index contributed by atoms with van der Waals surface area (Å²) in [4.78, 5) is 11.8. The van der Waals surface area contributed by atoms with E-state index < -0.39 is 0 Å². The van der Waals surface area contributed by atoms with Crippen LogP contribution in [-0.2, 0) is 0 Å². The second-order valence-electron chi connectivity index (χ2n) is 3.69. The molecular formula is C11H9BrN4O2S. The van der Waals surface area contributed by atoms with E-state index in [-0.39, 0.29) is 21.8 Å². The van der Waals surface area contributed by atoms with Crippen LogP contribution in [0.1, 0.15) is 11.3 Å². The van der Waals surface area contributed by atoms with E-state index in [0.29, 0.717) is 10.0 Å². The third-order valence-electron chi connectivity index (χ3n) is 2.31. The van der Waals surface area contributed by atoms with Gasteiger partial charge in [0.1, 0.15) is 11.4 Å². The van der Waals surface area contributed by atoms with Crippen LogP contribution in [0.3, 0.4) is 0 Å². The maximum Gasteiger partial charge on any atom is 0.296 e. The van der Waals surface area contributed by atoms with Crippen molar-refractivity contribution in [3.8, 4) is 5.75 Å². The number of phenols is 1. The molecule has 1 aromatic carbocycles. The zero-order valence-electron chi connectivity index (χ0n) is 9.79. The molecule has 0 spiro atoms. The Morgan fingerprint density at radius 1 is 1.58 bits per heavy atom. The molecule has 1 heterocycles. The number of aromatic nitrogens is 3. The lowest BCUT2D eigenvalue weighted by Crippen LogP contribution is -2.22. The second kappa shape index (κ2) is 5.45. The standard InChI is InChI=1S/C11H9BrN4O2S/c1-6-10(18)16(11(19)15-14-6)13-5-7-2-3-9(17)8(12)4-7/h2-5,17H,1H3,(H,15,19)/b13-5+. The van der Waals surface area contributed by atoms with Crippen molar-refractivity contribution in [2.75, 3.05) is 0 Å². The van der Waals surface area contributed by atoms with Crippen molar-refractivity contribution < 1.29 is 5.11 Å². The van der Waals surface area contributed by atoms with E-state index in [1.54, 1.807) is 19.1 Å². The van der Waals surface area contributed by atoms with Crippen molar-refractivity contribution in [1.82, 2.24) is 14.9 Å². The van der Waals surface area contributed by atoms with Gasteiger partial charge in [0, 0.05) is 0 Å². The van der Waals surface area contributed by atoms with Gasteiger partial charge in [-0.2, -0.15) is 14.9 Å². The van der Waals surface area contributed by atoms with Gasteiger partial charge in [0.15, 0.2) is 0 Å². The van der Waals surface area contributed by atoms with Gasteiger partial charge in [0.25, 0.3) is 5.56 Å². The number of nitrogens with zero attached hydrogens (tertiary/aromatic N) is 3. The van der Waals surface area contributed by atoms with Crippen molar-refractivity contribution in [2.24, 2.45) is 5.10 Å². The minimum atomic E-state index is -0.377. The van der Waals surface area contributed by atoms with Crippen molar-refractivity contribution >= 4 is 34.4 Å². The Kier molecular flexibility index (Phi) is 3.91. The van der Waals surface area contributed by atoms with E-state index in [1.807, 2.05) is 0 Å². The van der Waals surface area contributed by atoms with Crippen molar-refractivity contribution in [1.29, 1.82) is 0 Å². The minimum absolute atomic E-state index is 0.115. The Balaban J connectivity index is 2.43. The molecule has 0 aliphatic heterocycles. The fourth-order valence-corrected chi connectivity index (χ4v) is 1.88. The highest BCUT2D eigenvalue weighted by atomic mass is 79.9. The highest BCUT2D eigenvalue weighted by Crippen LogP contribution is 2.23. The van der Waals surface area contributed by atoms with Crippen LogP contribution in [0.5, 0.6) is 5.75 Å². The van der Waals surface area contributed by atoms with Gasteiger partial charge in [-0.05, 0) is 58.8 Å². The molecule has 0 radical (unpaired) electrons. The van der Waals surface area contributed by atoms with Crippen LogP contribution in [0.4, 0.5) is 0 Å². The van der Waals surface area contributed by atoms with Gasteiger partial charge in [0.05, 0.1) is 10.7 Å². The highest BCUT2D eigenvalue weighted by Gasteiger charge is 2.01. The molecule has 0 aliphatic rings. The summed E-state index contributed by atoms with van der Waals surface area (Å²) in [6.07, 6.45) is 1.47. The number of H-pyrrole nitrogens is 1. The number of aryl methyl sites for hydroxylation is 1. The third-order valence-corrected chi connectivity index (χ3v) is 3.21. The molecule has 2 N–H and O–H groups in total. The summed E-state index contributed by atoms with van der Waals surface area (Å²) < 4.78 is 1.71. The number of hydrogen-bond donors (Lipinski definition) is 2. The van der Waals surface area contributed by atoms with Crippen LogP contribution < -0.4 is 5.56 Å². The van der Waals surface area contributed by atoms with E-state index >= 15 is 0 Å². The summed E-state index contributed by atoms with van der Waals surface area (Å²) in [6, 6.07) is 4.85. The fraction of sp³-hybridized carbons (Fsp3) is 0.0909. The van der Waals surface area contributed by atoms with Crippen LogP contribution in [0.2, 0.25) is 0 Å². The topological polar surface area (TPSA) is 83.3 Å². The monoisotopic (exact) mass is 340 g/mol. The molecule has 0 saturated heterocycles. The lowest BCUT2D eigenvalue weighted by atomic mass is 10.2. The summed E-state index contributed by atoms with van der Waals surface area (Å²) in [5.74, 6) is 0.131. The average Bonchev–Trinajstić information content (AvgIpc) is 2.38. The van der Waals surface area contributed by atoms with Gasteiger partial charge in [-0.25, -0.2) is 0 Å². The summed E-state index contributed by atoms with van der Waals surface area (Å²) in [5, 5.41) is 19.7. The molecule has 2 aromatic rings. The molecule has 0 saturated carbocycles. The number of aromatic amines is 1. The maximum atomic E-state index is 11.8. The number of rotatable bonds is 2. The predicted octanol–water partition coefficient (Wildman–Crippen LogP) is 1.96. The summed E-state index contributed by atoms with van der Waals surface area (Å²) in [7, 11) is 0. The van der Waals surface area contributed by atoms with Crippen molar-refractivity contribution in [3.05, 3.63) is 49.1 Å². The molecule has 98 valence electrons. The fourth-order valence-electron chi connectivity index (χ4n) is 1.31. The molecule has 0 bridgehead atoms. The second-order valence-corrected chi connectivity index (χ2v) is 4.93. The van der Waals surface area contributed by atoms with E-state index in [4.69, 9.17) is 12.2 Å². The third kappa shape index (κ3) is 2.96. The number of aromatic hydroxyl groups is 1. The molecular weight excluding hydrogens is 332 g/mol. The first-order valence-electron chi connectivity index (χ1n) is 5.20. The Morgan fingerprint density at radius 3 is 3.00 bits per heavy atom. The summed E-state index contributed by atoms with van der Waals surface area (Å²) in [6.45, 7) is 1.57. The molecule has 19 heavy (non-hydrogen) atoms. The Hall–Kier alpha value is -1.80. The van der Waals surface area contributed by atoms with E-state index in [9.17, 15) is 9.90 Å². The highest BCUT2D eigenvalue weighted by molar-refractivity contribution is 9.10. The smallest absolute Gasteiger partial charge is 0.296 e. The van der Waals surface area contributed by atoms with Gasteiger partial charge >= 0.3 is 0 Å². The molecule has 1 aromatic heterocycles. The largest absolute Gasteiger partial charge is 0.507 e. The molecule has 0 amide bonds. The normalized spacial score (nSPS) is 11.1. The van der Waals surface area contributed by atoms with Crippen molar-refractivity contribution in [3.63, 3.8) is 0 Å². The van der Waals surface area contributed by atoms with Crippen LogP contribution >= 0.6 is 28.1 Å². The van der Waals surface area contributed by atoms with Gasteiger partial charge in [-0.1, -0.05) is 0 Å². The maximum absolute atomic E-state index is 11.8. The number of benzene rings is 1. The lowest BCUT2D eigenvalue weighted by molar-refractivity contribution is 0.472. The Bertz CT molecular complexity index is 766. The molecule has 8 heteroatoms. The summed E-state index contributed by atoms with van der Waals surface area (Å²) in [5.41, 5.74) is 0.607. The van der Waals surface area contributed by atoms with E-state index in [0.717, 1.165) is 4.68 Å². The number of phenolic OH excluding ortho intramolecular Hbond substituents is 1. The van der Waals surface area contributed by atoms with Gasteiger partial charge < -0.3 is 5.11 Å². The summed E-state index contributed by atoms with van der Waals surface area (Å²) >= 11 is 8.14. The minimum Gasteiger partial charge on any atom is -0.507 e. The first-order chi connectivity index (χ1) is 8.99. The quantitative estimate of drug-likeness (QED) is 0.646. The molecule has 0 unspecified atom stereocenters. The van der Waals surface area contributed by atoms with E-state index in [1.165, 1.54) is 12.3 Å². The molecule has 0 fully saturated rings. The van der Waals surface area contributed by atoms with E-state index in [2.05, 4.69) is 31.2 Å². The van der Waals surface area contributed by atoms with Gasteiger partial charge in [0.2, 0.25) is 4.77 Å². The van der Waals surface area contributed by atoms with Gasteiger partial charge in [-0.15, -0.1) is 0 Å². The molecule has 2 rings (SSSR count). The van der Waals surface area contributed by atoms with Crippen LogP contribution in [0.25, 0.3) is 0 Å². The first kappa shape index (κ1) is 13.6. The zero-order chi connectivity index (χ0) is 14.0. The SMILES string of the molecule is Cc1n[nH]c(=S)n(/N=C/c2ccc(O)c(Br)c2)c1=O. The number of hydrogen-bond acceptors (Lipinski definition) is 5. The number of nitrogens with one attached hydrogen (secondary N) is 1. The Labute approximate surface area is 121 Å². The average molecular weight is 341 g/mol. The van der Waals surface area contributed by atoms with Crippen LogP contribution in [-0.4, -0.2) is 26.2 Å². The number of halogens is 1. The zero-order valence-corrected chi connectivity index (χ0v) is 12.2. The van der Waals surface area contributed by atoms with Crippen LogP contribution in [0, 0.1) is 11.7 Å². The molecule has 6 nitrogen and oxygen atoms in total. The lowest BCUT2D eigenvalue weighted by Gasteiger charge is -2.00.